The lowest BCUT2D eigenvalue weighted by Gasteiger charge is -2.15. The van der Waals surface area contributed by atoms with E-state index in [0.717, 1.165) is 17.6 Å². The highest BCUT2D eigenvalue weighted by atomic mass is 16.5. The Kier molecular flexibility index (Phi) is 4.67. The topological polar surface area (TPSA) is 9.23 Å². The van der Waals surface area contributed by atoms with Crippen LogP contribution in [0.3, 0.4) is 0 Å². The molecule has 0 aromatic heterocycles. The van der Waals surface area contributed by atoms with Crippen molar-refractivity contribution in [3.8, 4) is 5.75 Å². The Morgan fingerprint density at radius 3 is 2.13 bits per heavy atom. The van der Waals surface area contributed by atoms with Gasteiger partial charge in [0.25, 0.3) is 0 Å². The first-order valence-corrected chi connectivity index (χ1v) is 5.76. The zero-order valence-electron chi connectivity index (χ0n) is 10.3. The largest absolute Gasteiger partial charge is 0.497 e. The Bertz CT molecular complexity index is 274. The molecule has 1 heteroatoms. The molecule has 0 spiro atoms. The van der Waals surface area contributed by atoms with Gasteiger partial charge in [0, 0.05) is 0 Å². The summed E-state index contributed by atoms with van der Waals surface area (Å²) >= 11 is 0. The van der Waals surface area contributed by atoms with Crippen molar-refractivity contribution in [2.45, 2.75) is 33.6 Å². The van der Waals surface area contributed by atoms with Crippen molar-refractivity contribution in [3.05, 3.63) is 29.8 Å². The molecule has 0 heterocycles. The van der Waals surface area contributed by atoms with Crippen molar-refractivity contribution in [1.82, 2.24) is 0 Å². The molecule has 0 fully saturated rings. The third kappa shape index (κ3) is 3.94. The molecular formula is C14H22O. The molecular weight excluding hydrogens is 184 g/mol. The van der Waals surface area contributed by atoms with E-state index in [1.165, 1.54) is 18.4 Å². The van der Waals surface area contributed by atoms with Gasteiger partial charge in [-0.15, -0.1) is 0 Å². The third-order valence-electron chi connectivity index (χ3n) is 3.19. The lowest BCUT2D eigenvalue weighted by molar-refractivity contribution is 0.392. The molecule has 1 rings (SSSR count). The summed E-state index contributed by atoms with van der Waals surface area (Å²) in [6.07, 6.45) is 2.44. The van der Waals surface area contributed by atoms with Gasteiger partial charge in [0.05, 0.1) is 7.11 Å². The fraction of sp³-hybridized carbons (Fsp3) is 0.571. The van der Waals surface area contributed by atoms with Crippen molar-refractivity contribution in [1.29, 1.82) is 0 Å². The van der Waals surface area contributed by atoms with Crippen LogP contribution in [0.5, 0.6) is 5.75 Å². The zero-order valence-corrected chi connectivity index (χ0v) is 10.3. The second kappa shape index (κ2) is 5.79. The smallest absolute Gasteiger partial charge is 0.118 e. The first-order valence-electron chi connectivity index (χ1n) is 5.76. The Labute approximate surface area is 93.5 Å². The van der Waals surface area contributed by atoms with Crippen LogP contribution in [-0.4, -0.2) is 7.11 Å². The van der Waals surface area contributed by atoms with Crippen LogP contribution >= 0.6 is 0 Å². The number of hydrogen-bond acceptors (Lipinski definition) is 1. The van der Waals surface area contributed by atoms with E-state index >= 15 is 0 Å². The SMILES string of the molecule is COc1ccc(CC[C@@H](C)C(C)C)cc1. The molecule has 1 aromatic rings. The Morgan fingerprint density at radius 2 is 1.67 bits per heavy atom. The second-order valence-electron chi connectivity index (χ2n) is 4.61. The first-order chi connectivity index (χ1) is 7.13. The lowest BCUT2D eigenvalue weighted by atomic mass is 9.91. The van der Waals surface area contributed by atoms with E-state index in [2.05, 4.69) is 32.9 Å². The average Bonchev–Trinajstić information content (AvgIpc) is 2.26. The van der Waals surface area contributed by atoms with Crippen LogP contribution < -0.4 is 4.74 Å². The van der Waals surface area contributed by atoms with Gasteiger partial charge in [0.2, 0.25) is 0 Å². The maximum absolute atomic E-state index is 5.13. The third-order valence-corrected chi connectivity index (χ3v) is 3.19. The zero-order chi connectivity index (χ0) is 11.3. The van der Waals surface area contributed by atoms with Gasteiger partial charge in [0.1, 0.15) is 5.75 Å². The summed E-state index contributed by atoms with van der Waals surface area (Å²) in [4.78, 5) is 0. The molecule has 1 nitrogen and oxygen atoms in total. The van der Waals surface area contributed by atoms with E-state index in [9.17, 15) is 0 Å². The number of rotatable bonds is 5. The van der Waals surface area contributed by atoms with Gasteiger partial charge >= 0.3 is 0 Å². The summed E-state index contributed by atoms with van der Waals surface area (Å²) in [5, 5.41) is 0. The van der Waals surface area contributed by atoms with Gasteiger partial charge in [-0.05, 0) is 42.4 Å². The molecule has 0 unspecified atom stereocenters. The molecule has 0 N–H and O–H groups in total. The number of hydrogen-bond donors (Lipinski definition) is 0. The molecule has 1 aromatic carbocycles. The van der Waals surface area contributed by atoms with E-state index in [-0.39, 0.29) is 0 Å². The van der Waals surface area contributed by atoms with Crippen LogP contribution in [0.1, 0.15) is 32.8 Å². The summed E-state index contributed by atoms with van der Waals surface area (Å²) in [5.74, 6) is 2.52. The van der Waals surface area contributed by atoms with E-state index in [1.807, 2.05) is 12.1 Å². The van der Waals surface area contributed by atoms with Gasteiger partial charge in [-0.1, -0.05) is 32.9 Å². The summed E-state index contributed by atoms with van der Waals surface area (Å²) < 4.78 is 5.13. The molecule has 0 aliphatic rings. The van der Waals surface area contributed by atoms with Gasteiger partial charge in [-0.25, -0.2) is 0 Å². The van der Waals surface area contributed by atoms with Gasteiger partial charge in [0.15, 0.2) is 0 Å². The highest BCUT2D eigenvalue weighted by molar-refractivity contribution is 5.27. The predicted octanol–water partition coefficient (Wildman–Crippen LogP) is 3.92. The summed E-state index contributed by atoms with van der Waals surface area (Å²) in [6.45, 7) is 6.91. The average molecular weight is 206 g/mol. The molecule has 0 saturated carbocycles. The summed E-state index contributed by atoms with van der Waals surface area (Å²) in [6, 6.07) is 8.39. The highest BCUT2D eigenvalue weighted by Gasteiger charge is 2.06. The van der Waals surface area contributed by atoms with Crippen LogP contribution in [0.2, 0.25) is 0 Å². The molecule has 0 bridgehead atoms. The lowest BCUT2D eigenvalue weighted by Crippen LogP contribution is -2.05. The minimum absolute atomic E-state index is 0.781. The second-order valence-corrected chi connectivity index (χ2v) is 4.61. The molecule has 0 amide bonds. The fourth-order valence-corrected chi connectivity index (χ4v) is 1.52. The summed E-state index contributed by atoms with van der Waals surface area (Å²) in [7, 11) is 1.70. The molecule has 84 valence electrons. The van der Waals surface area contributed by atoms with E-state index in [0.29, 0.717) is 0 Å². The van der Waals surface area contributed by atoms with Crippen molar-refractivity contribution in [2.75, 3.05) is 7.11 Å². The number of benzene rings is 1. The minimum atomic E-state index is 0.781. The van der Waals surface area contributed by atoms with E-state index in [1.54, 1.807) is 7.11 Å². The van der Waals surface area contributed by atoms with Gasteiger partial charge in [-0.2, -0.15) is 0 Å². The number of aryl methyl sites for hydroxylation is 1. The molecule has 1 atom stereocenters. The van der Waals surface area contributed by atoms with Crippen molar-refractivity contribution < 1.29 is 4.74 Å². The van der Waals surface area contributed by atoms with Gasteiger partial charge in [-0.3, -0.25) is 0 Å². The first kappa shape index (κ1) is 12.1. The molecule has 0 radical (unpaired) electrons. The molecule has 0 aliphatic carbocycles. The van der Waals surface area contributed by atoms with Crippen LogP contribution in [0.4, 0.5) is 0 Å². The van der Waals surface area contributed by atoms with Crippen molar-refractivity contribution in [3.63, 3.8) is 0 Å². The number of ether oxygens (including phenoxy) is 1. The van der Waals surface area contributed by atoms with Crippen molar-refractivity contribution >= 4 is 0 Å². The molecule has 15 heavy (non-hydrogen) atoms. The Balaban J connectivity index is 2.44. The van der Waals surface area contributed by atoms with Crippen LogP contribution in [0.25, 0.3) is 0 Å². The van der Waals surface area contributed by atoms with Crippen LogP contribution in [-0.2, 0) is 6.42 Å². The van der Waals surface area contributed by atoms with Crippen LogP contribution in [0.15, 0.2) is 24.3 Å². The standard InChI is InChI=1S/C14H22O/c1-11(2)12(3)5-6-13-7-9-14(15-4)10-8-13/h7-12H,5-6H2,1-4H3/t12-/m1/s1. The molecule has 0 aliphatic heterocycles. The van der Waals surface area contributed by atoms with E-state index in [4.69, 9.17) is 4.74 Å². The quantitative estimate of drug-likeness (QED) is 0.709. The Hall–Kier alpha value is -0.980. The Morgan fingerprint density at radius 1 is 1.07 bits per heavy atom. The number of methoxy groups -OCH3 is 1. The maximum atomic E-state index is 5.13. The van der Waals surface area contributed by atoms with Gasteiger partial charge < -0.3 is 4.74 Å². The monoisotopic (exact) mass is 206 g/mol. The normalized spacial score (nSPS) is 12.9. The fourth-order valence-electron chi connectivity index (χ4n) is 1.52. The maximum Gasteiger partial charge on any atom is 0.118 e. The van der Waals surface area contributed by atoms with E-state index < -0.39 is 0 Å². The minimum Gasteiger partial charge on any atom is -0.497 e. The predicted molar refractivity (Wildman–Crippen MR) is 65.3 cm³/mol. The van der Waals surface area contributed by atoms with Crippen LogP contribution in [0, 0.1) is 11.8 Å². The summed E-state index contributed by atoms with van der Waals surface area (Å²) in [5.41, 5.74) is 1.41. The van der Waals surface area contributed by atoms with Crippen molar-refractivity contribution in [2.24, 2.45) is 11.8 Å². The molecule has 0 saturated heterocycles. The highest BCUT2D eigenvalue weighted by Crippen LogP contribution is 2.18.